The normalized spacial score (nSPS) is 10.8. The Hall–Kier alpha value is -4.13. The second-order valence-electron chi connectivity index (χ2n) is 8.21. The maximum absolute atomic E-state index is 13.4. The second-order valence-corrected chi connectivity index (χ2v) is 8.21. The number of amides is 2. The highest BCUT2D eigenvalue weighted by Crippen LogP contribution is 2.24. The summed E-state index contributed by atoms with van der Waals surface area (Å²) in [5.74, 6) is 0.164. The summed E-state index contributed by atoms with van der Waals surface area (Å²) in [7, 11) is 1.53. The molecule has 1 heterocycles. The Morgan fingerprint density at radius 3 is 2.50 bits per heavy atom. The maximum Gasteiger partial charge on any atom is 0.322 e. The van der Waals surface area contributed by atoms with Gasteiger partial charge in [-0.2, -0.15) is 0 Å². The summed E-state index contributed by atoms with van der Waals surface area (Å²) in [6, 6.07) is 18.4. The number of hydrogen-bond acceptors (Lipinski definition) is 3. The van der Waals surface area contributed by atoms with Crippen molar-refractivity contribution in [2.24, 2.45) is 0 Å². The average Bonchev–Trinajstić information content (AvgIpc) is 2.83. The minimum absolute atomic E-state index is 0.0660. The predicted octanol–water partition coefficient (Wildman–Crippen LogP) is 5.53. The summed E-state index contributed by atoms with van der Waals surface area (Å²) in [5, 5.41) is 3.76. The van der Waals surface area contributed by atoms with Gasteiger partial charge in [-0.05, 0) is 66.3 Å². The minimum Gasteiger partial charge on any atom is -0.495 e. The quantitative estimate of drug-likeness (QED) is 0.398. The predicted molar refractivity (Wildman–Crippen MR) is 132 cm³/mol. The lowest BCUT2D eigenvalue weighted by Gasteiger charge is -2.24. The summed E-state index contributed by atoms with van der Waals surface area (Å²) in [5.41, 5.74) is 4.34. The topological polar surface area (TPSA) is 74.4 Å². The van der Waals surface area contributed by atoms with E-state index in [1.165, 1.54) is 24.1 Å². The Kier molecular flexibility index (Phi) is 6.63. The van der Waals surface area contributed by atoms with Gasteiger partial charge in [0.05, 0.1) is 24.9 Å². The van der Waals surface area contributed by atoms with E-state index in [1.54, 1.807) is 30.3 Å². The zero-order valence-electron chi connectivity index (χ0n) is 19.3. The van der Waals surface area contributed by atoms with Crippen molar-refractivity contribution in [1.29, 1.82) is 0 Å². The van der Waals surface area contributed by atoms with Gasteiger partial charge in [-0.15, -0.1) is 0 Å². The molecule has 3 aromatic carbocycles. The molecule has 0 fully saturated rings. The molecule has 0 spiro atoms. The molecule has 0 aliphatic carbocycles. The zero-order chi connectivity index (χ0) is 24.2. The van der Waals surface area contributed by atoms with Crippen LogP contribution < -0.4 is 15.6 Å². The largest absolute Gasteiger partial charge is 0.495 e. The van der Waals surface area contributed by atoms with E-state index < -0.39 is 6.03 Å². The molecule has 0 bridgehead atoms. The number of hydrogen-bond donors (Lipinski definition) is 2. The first-order valence-corrected chi connectivity index (χ1v) is 10.9. The number of H-pyrrole nitrogens is 1. The number of nitrogens with zero attached hydrogens (tertiary/aromatic N) is 1. The number of methoxy groups -OCH3 is 1. The highest BCUT2D eigenvalue weighted by molar-refractivity contribution is 5.91. The molecular formula is C27H26FN3O3. The van der Waals surface area contributed by atoms with E-state index in [0.717, 1.165) is 27.6 Å². The smallest absolute Gasteiger partial charge is 0.322 e. The van der Waals surface area contributed by atoms with Gasteiger partial charge in [0.1, 0.15) is 11.6 Å². The van der Waals surface area contributed by atoms with E-state index in [0.29, 0.717) is 17.0 Å². The van der Waals surface area contributed by atoms with Gasteiger partial charge in [-0.25, -0.2) is 9.18 Å². The number of pyridine rings is 1. The van der Waals surface area contributed by atoms with Crippen molar-refractivity contribution < 1.29 is 13.9 Å². The summed E-state index contributed by atoms with van der Waals surface area (Å²) in [6.07, 6.45) is 0. The molecule has 4 rings (SSSR count). The minimum atomic E-state index is -0.409. The first kappa shape index (κ1) is 23.0. The number of aryl methyl sites for hydroxylation is 2. The molecule has 7 heteroatoms. The Morgan fingerprint density at radius 2 is 1.76 bits per heavy atom. The zero-order valence-corrected chi connectivity index (χ0v) is 19.3. The highest BCUT2D eigenvalue weighted by atomic mass is 19.1. The Morgan fingerprint density at radius 1 is 1.03 bits per heavy atom. The molecule has 0 unspecified atom stereocenters. The van der Waals surface area contributed by atoms with Crippen LogP contribution in [0.2, 0.25) is 0 Å². The van der Waals surface area contributed by atoms with Gasteiger partial charge in [-0.1, -0.05) is 36.4 Å². The molecular weight excluding hydrogens is 433 g/mol. The maximum atomic E-state index is 13.4. The number of carbonyl (C=O) groups excluding carboxylic acids is 1. The highest BCUT2D eigenvalue weighted by Gasteiger charge is 2.19. The summed E-state index contributed by atoms with van der Waals surface area (Å²) >= 11 is 0. The molecule has 0 saturated heterocycles. The lowest BCUT2D eigenvalue weighted by molar-refractivity contribution is 0.206. The van der Waals surface area contributed by atoms with Crippen LogP contribution in [0.1, 0.15) is 22.3 Å². The van der Waals surface area contributed by atoms with Crippen LogP contribution in [0.5, 0.6) is 5.75 Å². The number of fused-ring (bicyclic) bond motifs is 1. The number of nitrogens with one attached hydrogen (secondary N) is 2. The molecule has 1 aromatic heterocycles. The van der Waals surface area contributed by atoms with Gasteiger partial charge in [0.25, 0.3) is 5.56 Å². The molecule has 4 aromatic rings. The molecule has 2 amide bonds. The Balaban J connectivity index is 1.68. The number of ether oxygens (including phenoxy) is 1. The number of aromatic amines is 1. The van der Waals surface area contributed by atoms with Crippen molar-refractivity contribution in [1.82, 2.24) is 9.88 Å². The fourth-order valence-corrected chi connectivity index (χ4v) is 3.85. The number of halogens is 1. The van der Waals surface area contributed by atoms with E-state index in [2.05, 4.69) is 10.3 Å². The van der Waals surface area contributed by atoms with Crippen LogP contribution in [-0.4, -0.2) is 23.0 Å². The van der Waals surface area contributed by atoms with Crippen LogP contribution in [0.4, 0.5) is 14.9 Å². The van der Waals surface area contributed by atoms with Gasteiger partial charge < -0.3 is 19.9 Å². The number of carbonyl (C=O) groups is 1. The molecule has 2 N–H and O–H groups in total. The van der Waals surface area contributed by atoms with Crippen molar-refractivity contribution >= 4 is 22.6 Å². The molecule has 0 radical (unpaired) electrons. The van der Waals surface area contributed by atoms with Crippen LogP contribution in [-0.2, 0) is 13.1 Å². The van der Waals surface area contributed by atoms with Crippen LogP contribution >= 0.6 is 0 Å². The van der Waals surface area contributed by atoms with E-state index in [4.69, 9.17) is 4.74 Å². The monoisotopic (exact) mass is 459 g/mol. The average molecular weight is 460 g/mol. The molecule has 6 nitrogen and oxygen atoms in total. The van der Waals surface area contributed by atoms with E-state index >= 15 is 0 Å². The SMILES string of the molecule is COc1ccccc1NC(=O)N(Cc1ccc(F)cc1)Cc1cc2ccc(C)c(C)c2[nH]c1=O. The first-order valence-electron chi connectivity index (χ1n) is 10.9. The lowest BCUT2D eigenvalue weighted by Crippen LogP contribution is -2.35. The summed E-state index contributed by atoms with van der Waals surface area (Å²) in [6.45, 7) is 4.21. The van der Waals surface area contributed by atoms with Gasteiger partial charge in [-0.3, -0.25) is 4.79 Å². The van der Waals surface area contributed by atoms with Crippen LogP contribution in [0, 0.1) is 19.7 Å². The molecule has 174 valence electrons. The lowest BCUT2D eigenvalue weighted by atomic mass is 10.0. The third-order valence-electron chi connectivity index (χ3n) is 5.91. The fraction of sp³-hybridized carbons (Fsp3) is 0.185. The number of benzene rings is 3. The second kappa shape index (κ2) is 9.79. The van der Waals surface area contributed by atoms with Gasteiger partial charge in [0, 0.05) is 12.1 Å². The summed E-state index contributed by atoms with van der Waals surface area (Å²) < 4.78 is 18.7. The van der Waals surface area contributed by atoms with Crippen molar-refractivity contribution in [2.75, 3.05) is 12.4 Å². The Bertz CT molecular complexity index is 1400. The molecule has 0 aliphatic heterocycles. The van der Waals surface area contributed by atoms with Crippen molar-refractivity contribution in [3.05, 3.63) is 105 Å². The fourth-order valence-electron chi connectivity index (χ4n) is 3.85. The number of rotatable bonds is 6. The van der Waals surface area contributed by atoms with E-state index in [-0.39, 0.29) is 24.5 Å². The van der Waals surface area contributed by atoms with Crippen molar-refractivity contribution in [3.63, 3.8) is 0 Å². The molecule has 34 heavy (non-hydrogen) atoms. The van der Waals surface area contributed by atoms with Crippen LogP contribution in [0.25, 0.3) is 10.9 Å². The summed E-state index contributed by atoms with van der Waals surface area (Å²) in [4.78, 5) is 30.7. The van der Waals surface area contributed by atoms with Gasteiger partial charge >= 0.3 is 6.03 Å². The number of para-hydroxylation sites is 2. The Labute approximate surface area is 197 Å². The number of aromatic nitrogens is 1. The van der Waals surface area contributed by atoms with Crippen LogP contribution in [0.3, 0.4) is 0 Å². The number of urea groups is 1. The van der Waals surface area contributed by atoms with Crippen molar-refractivity contribution in [2.45, 2.75) is 26.9 Å². The van der Waals surface area contributed by atoms with Crippen molar-refractivity contribution in [3.8, 4) is 5.75 Å². The van der Waals surface area contributed by atoms with Gasteiger partial charge in [0.2, 0.25) is 0 Å². The third kappa shape index (κ3) is 4.93. The molecule has 0 aliphatic rings. The van der Waals surface area contributed by atoms with E-state index in [1.807, 2.05) is 38.1 Å². The number of anilines is 1. The standard InChI is InChI=1S/C27H26FN3O3/c1-17-8-11-20-14-21(26(32)30-25(20)18(17)2)16-31(15-19-9-12-22(28)13-10-19)27(33)29-23-6-4-5-7-24(23)34-3/h4-14H,15-16H2,1-3H3,(H,29,33)(H,30,32). The third-order valence-corrected chi connectivity index (χ3v) is 5.91. The van der Waals surface area contributed by atoms with Crippen LogP contribution in [0.15, 0.2) is 71.5 Å². The molecule has 0 saturated carbocycles. The molecule has 0 atom stereocenters. The van der Waals surface area contributed by atoms with E-state index in [9.17, 15) is 14.0 Å². The van der Waals surface area contributed by atoms with Gasteiger partial charge in [0.15, 0.2) is 0 Å². The first-order chi connectivity index (χ1) is 16.4.